The van der Waals surface area contributed by atoms with Crippen molar-refractivity contribution in [2.45, 2.75) is 26.3 Å². The second kappa shape index (κ2) is 9.78. The number of aromatic nitrogens is 2. The molecule has 0 aliphatic heterocycles. The van der Waals surface area contributed by atoms with Crippen molar-refractivity contribution in [2.24, 2.45) is 0 Å². The zero-order valence-corrected chi connectivity index (χ0v) is 17.4. The van der Waals surface area contributed by atoms with Gasteiger partial charge in [0.2, 0.25) is 5.95 Å². The summed E-state index contributed by atoms with van der Waals surface area (Å²) >= 11 is 0. The Morgan fingerprint density at radius 2 is 1.66 bits per heavy atom. The average Bonchev–Trinajstić information content (AvgIpc) is 2.73. The second-order valence-corrected chi connectivity index (χ2v) is 6.99. The van der Waals surface area contributed by atoms with Gasteiger partial charge in [-0.3, -0.25) is 0 Å². The van der Waals surface area contributed by atoms with Crippen LogP contribution in [0.4, 0.5) is 11.8 Å². The molecule has 0 aliphatic rings. The van der Waals surface area contributed by atoms with Gasteiger partial charge in [-0.15, -0.1) is 0 Å². The largest absolute Gasteiger partial charge is 0.493 e. The van der Waals surface area contributed by atoms with E-state index >= 15 is 0 Å². The van der Waals surface area contributed by atoms with Crippen molar-refractivity contribution in [3.05, 3.63) is 60.2 Å². The number of benzene rings is 2. The van der Waals surface area contributed by atoms with Gasteiger partial charge in [-0.05, 0) is 38.0 Å². The van der Waals surface area contributed by atoms with Gasteiger partial charge in [-0.25, -0.2) is 4.98 Å². The minimum absolute atomic E-state index is 0.285. The Morgan fingerprint density at radius 1 is 0.897 bits per heavy atom. The molecule has 1 aromatic heterocycles. The normalized spacial score (nSPS) is 10.7. The maximum absolute atomic E-state index is 5.38. The molecule has 0 atom stereocenters. The lowest BCUT2D eigenvalue weighted by molar-refractivity contribution is 0.354. The van der Waals surface area contributed by atoms with E-state index in [2.05, 4.69) is 41.6 Å². The van der Waals surface area contributed by atoms with Crippen LogP contribution in [0.5, 0.6) is 11.5 Å². The number of anilines is 2. The Hall–Kier alpha value is -3.28. The van der Waals surface area contributed by atoms with E-state index in [1.54, 1.807) is 14.2 Å². The Labute approximate surface area is 172 Å². The Bertz CT molecular complexity index is 929. The Kier molecular flexibility index (Phi) is 6.89. The third-order valence-electron chi connectivity index (χ3n) is 4.38. The van der Waals surface area contributed by atoms with Gasteiger partial charge in [-0.2, -0.15) is 4.98 Å². The summed E-state index contributed by atoms with van der Waals surface area (Å²) in [6.07, 6.45) is 0.812. The molecule has 0 bridgehead atoms. The molecule has 6 heteroatoms. The maximum atomic E-state index is 5.38. The van der Waals surface area contributed by atoms with Gasteiger partial charge in [0, 0.05) is 24.2 Å². The van der Waals surface area contributed by atoms with Crippen molar-refractivity contribution >= 4 is 11.8 Å². The van der Waals surface area contributed by atoms with Crippen LogP contribution in [-0.2, 0) is 6.42 Å². The molecule has 3 aromatic rings. The Balaban J connectivity index is 1.74. The van der Waals surface area contributed by atoms with Crippen molar-refractivity contribution in [1.82, 2.24) is 9.97 Å². The standard InChI is InChI=1S/C23H28N4O2/c1-16(2)25-22-15-19(18-8-6-5-7-9-18)26-23(27-22)24-13-12-17-10-11-20(28-3)21(14-17)29-4/h5-11,14-16H,12-13H2,1-4H3,(H2,24,25,26,27). The van der Waals surface area contributed by atoms with Crippen LogP contribution in [-0.4, -0.2) is 36.8 Å². The first kappa shape index (κ1) is 20.5. The lowest BCUT2D eigenvalue weighted by atomic mass is 10.1. The van der Waals surface area contributed by atoms with E-state index in [4.69, 9.17) is 14.5 Å². The smallest absolute Gasteiger partial charge is 0.225 e. The summed E-state index contributed by atoms with van der Waals surface area (Å²) in [5.41, 5.74) is 3.09. The topological polar surface area (TPSA) is 68.3 Å². The van der Waals surface area contributed by atoms with E-state index in [0.29, 0.717) is 12.5 Å². The highest BCUT2D eigenvalue weighted by Gasteiger charge is 2.08. The number of ether oxygens (including phenoxy) is 2. The number of nitrogens with zero attached hydrogens (tertiary/aromatic N) is 2. The van der Waals surface area contributed by atoms with E-state index in [9.17, 15) is 0 Å². The third-order valence-corrected chi connectivity index (χ3v) is 4.38. The van der Waals surface area contributed by atoms with E-state index in [0.717, 1.165) is 40.6 Å². The van der Waals surface area contributed by atoms with Crippen LogP contribution in [0.2, 0.25) is 0 Å². The van der Waals surface area contributed by atoms with Crippen LogP contribution >= 0.6 is 0 Å². The Morgan fingerprint density at radius 3 is 2.34 bits per heavy atom. The molecule has 0 saturated carbocycles. The zero-order chi connectivity index (χ0) is 20.6. The van der Waals surface area contributed by atoms with Gasteiger partial charge in [0.05, 0.1) is 19.9 Å². The molecule has 0 amide bonds. The lowest BCUT2D eigenvalue weighted by Crippen LogP contribution is -2.14. The molecule has 1 heterocycles. The lowest BCUT2D eigenvalue weighted by Gasteiger charge is -2.14. The number of rotatable bonds is 9. The minimum atomic E-state index is 0.285. The molecule has 0 spiro atoms. The molecule has 0 fully saturated rings. The molecular weight excluding hydrogens is 364 g/mol. The maximum Gasteiger partial charge on any atom is 0.225 e. The van der Waals surface area contributed by atoms with Crippen molar-refractivity contribution in [3.63, 3.8) is 0 Å². The molecule has 29 heavy (non-hydrogen) atoms. The molecule has 152 valence electrons. The molecule has 0 radical (unpaired) electrons. The highest BCUT2D eigenvalue weighted by Crippen LogP contribution is 2.27. The van der Waals surface area contributed by atoms with Gasteiger partial charge < -0.3 is 20.1 Å². The molecule has 3 rings (SSSR count). The molecule has 0 saturated heterocycles. The fraction of sp³-hybridized carbons (Fsp3) is 0.304. The summed E-state index contributed by atoms with van der Waals surface area (Å²) in [4.78, 5) is 9.31. The van der Waals surface area contributed by atoms with E-state index in [1.165, 1.54) is 0 Å². The molecule has 2 aromatic carbocycles. The van der Waals surface area contributed by atoms with Crippen molar-refractivity contribution in [2.75, 3.05) is 31.4 Å². The number of hydrogen-bond donors (Lipinski definition) is 2. The number of nitrogens with one attached hydrogen (secondary N) is 2. The fourth-order valence-electron chi connectivity index (χ4n) is 3.01. The molecule has 6 nitrogen and oxygen atoms in total. The van der Waals surface area contributed by atoms with Gasteiger partial charge in [0.25, 0.3) is 0 Å². The van der Waals surface area contributed by atoms with Crippen LogP contribution < -0.4 is 20.1 Å². The van der Waals surface area contributed by atoms with Gasteiger partial charge in [0.1, 0.15) is 5.82 Å². The number of methoxy groups -OCH3 is 2. The van der Waals surface area contributed by atoms with Crippen LogP contribution in [0.15, 0.2) is 54.6 Å². The van der Waals surface area contributed by atoms with Crippen LogP contribution in [0.3, 0.4) is 0 Å². The first-order valence-corrected chi connectivity index (χ1v) is 9.75. The third kappa shape index (κ3) is 5.60. The van der Waals surface area contributed by atoms with Crippen LogP contribution in [0.25, 0.3) is 11.3 Å². The predicted molar refractivity (Wildman–Crippen MR) is 118 cm³/mol. The number of hydrogen-bond acceptors (Lipinski definition) is 6. The summed E-state index contributed by atoms with van der Waals surface area (Å²) in [7, 11) is 3.28. The first-order chi connectivity index (χ1) is 14.1. The van der Waals surface area contributed by atoms with Crippen LogP contribution in [0, 0.1) is 0 Å². The fourth-order valence-corrected chi connectivity index (χ4v) is 3.01. The van der Waals surface area contributed by atoms with Gasteiger partial charge >= 0.3 is 0 Å². The van der Waals surface area contributed by atoms with E-state index in [1.807, 2.05) is 42.5 Å². The van der Waals surface area contributed by atoms with Crippen LogP contribution in [0.1, 0.15) is 19.4 Å². The van der Waals surface area contributed by atoms with Gasteiger partial charge in [0.15, 0.2) is 11.5 Å². The summed E-state index contributed by atoms with van der Waals surface area (Å²) in [6.45, 7) is 4.89. The zero-order valence-electron chi connectivity index (χ0n) is 17.4. The van der Waals surface area contributed by atoms with Crippen molar-refractivity contribution < 1.29 is 9.47 Å². The second-order valence-electron chi connectivity index (χ2n) is 6.99. The molecule has 0 aliphatic carbocycles. The summed E-state index contributed by atoms with van der Waals surface area (Å²) < 4.78 is 10.7. The summed E-state index contributed by atoms with van der Waals surface area (Å²) in [5.74, 6) is 2.88. The van der Waals surface area contributed by atoms with Gasteiger partial charge in [-0.1, -0.05) is 36.4 Å². The minimum Gasteiger partial charge on any atom is -0.493 e. The van der Waals surface area contributed by atoms with Crippen molar-refractivity contribution in [1.29, 1.82) is 0 Å². The summed E-state index contributed by atoms with van der Waals surface area (Å²) in [6, 6.07) is 18.3. The van der Waals surface area contributed by atoms with Crippen molar-refractivity contribution in [3.8, 4) is 22.8 Å². The molecule has 0 unspecified atom stereocenters. The first-order valence-electron chi connectivity index (χ1n) is 9.75. The molecular formula is C23H28N4O2. The summed E-state index contributed by atoms with van der Waals surface area (Å²) in [5, 5.41) is 6.72. The SMILES string of the molecule is COc1ccc(CCNc2nc(NC(C)C)cc(-c3ccccc3)n2)cc1OC. The molecule has 2 N–H and O–H groups in total. The average molecular weight is 393 g/mol. The van der Waals surface area contributed by atoms with E-state index in [-0.39, 0.29) is 6.04 Å². The monoisotopic (exact) mass is 392 g/mol. The highest BCUT2D eigenvalue weighted by atomic mass is 16.5. The quantitative estimate of drug-likeness (QED) is 0.553. The highest BCUT2D eigenvalue weighted by molar-refractivity contribution is 5.64. The predicted octanol–water partition coefficient (Wildman–Crippen LogP) is 4.64. The van der Waals surface area contributed by atoms with E-state index < -0.39 is 0 Å².